The van der Waals surface area contributed by atoms with Gasteiger partial charge in [-0.25, -0.2) is 0 Å². The van der Waals surface area contributed by atoms with E-state index in [1.54, 1.807) is 6.07 Å². The molecule has 1 saturated heterocycles. The maximum absolute atomic E-state index is 10.3. The Balaban J connectivity index is 1.54. The van der Waals surface area contributed by atoms with E-state index < -0.39 is 37.3 Å². The molecule has 4 rings (SSSR count). The van der Waals surface area contributed by atoms with Gasteiger partial charge in [0.2, 0.25) is 6.29 Å². The largest absolute Gasteiger partial charge is 0.462 e. The van der Waals surface area contributed by atoms with Crippen molar-refractivity contribution in [2.75, 3.05) is 6.61 Å². The molecular formula is C23H28O6. The standard InChI is InChI=1S/C23H28O6/c1-13(14-6-8-15(9-7-14)16-10-11-16)17-4-2-3-5-18(17)28-23-22(27)21(26)20(25)19(12-24)29-23/h2-9,13,16,19-27H,10-12H2,1H3/t13-,19+,20+,21-,22+,23+/m0/s1. The molecule has 2 aliphatic rings. The fourth-order valence-corrected chi connectivity index (χ4v) is 3.89. The molecule has 1 aliphatic heterocycles. The Hall–Kier alpha value is -1.96. The molecule has 2 fully saturated rings. The third kappa shape index (κ3) is 4.17. The monoisotopic (exact) mass is 400 g/mol. The molecule has 1 heterocycles. The minimum atomic E-state index is -1.47. The van der Waals surface area contributed by atoms with E-state index in [1.807, 2.05) is 18.2 Å². The van der Waals surface area contributed by atoms with Gasteiger partial charge in [-0.3, -0.25) is 0 Å². The van der Waals surface area contributed by atoms with E-state index in [4.69, 9.17) is 9.47 Å². The second-order valence-corrected chi connectivity index (χ2v) is 8.02. The predicted molar refractivity (Wildman–Crippen MR) is 107 cm³/mol. The van der Waals surface area contributed by atoms with Crippen molar-refractivity contribution in [3.8, 4) is 5.75 Å². The van der Waals surface area contributed by atoms with Crippen LogP contribution in [0.25, 0.3) is 0 Å². The number of rotatable bonds is 6. The first-order valence-electron chi connectivity index (χ1n) is 10.2. The fourth-order valence-electron chi connectivity index (χ4n) is 3.89. The van der Waals surface area contributed by atoms with E-state index in [0.29, 0.717) is 11.7 Å². The smallest absolute Gasteiger partial charge is 0.229 e. The van der Waals surface area contributed by atoms with Crippen molar-refractivity contribution >= 4 is 0 Å². The first kappa shape index (κ1) is 20.3. The molecule has 0 aromatic heterocycles. The molecule has 0 bridgehead atoms. The summed E-state index contributed by atoms with van der Waals surface area (Å²) in [5.74, 6) is 1.28. The third-order valence-electron chi connectivity index (χ3n) is 5.96. The quantitative estimate of drug-likeness (QED) is 0.591. The lowest BCUT2D eigenvalue weighted by Gasteiger charge is -2.39. The van der Waals surface area contributed by atoms with Crippen LogP contribution in [0.1, 0.15) is 48.3 Å². The van der Waals surface area contributed by atoms with Gasteiger partial charge < -0.3 is 29.9 Å². The Kier molecular flexibility index (Phi) is 5.90. The Bertz CT molecular complexity index is 816. The van der Waals surface area contributed by atoms with Crippen LogP contribution in [0.3, 0.4) is 0 Å². The number of aliphatic hydroxyl groups is 4. The SMILES string of the molecule is C[C@@H](c1ccc(C2CC2)cc1)c1ccccc1O[C@@H]1O[C@H](CO)[C@@H](O)[C@H](O)[C@H]1O. The van der Waals surface area contributed by atoms with Crippen molar-refractivity contribution in [1.82, 2.24) is 0 Å². The second-order valence-electron chi connectivity index (χ2n) is 8.02. The van der Waals surface area contributed by atoms with Crippen molar-refractivity contribution in [2.24, 2.45) is 0 Å². The van der Waals surface area contributed by atoms with Gasteiger partial charge in [-0.05, 0) is 36.0 Å². The van der Waals surface area contributed by atoms with Gasteiger partial charge in [0.05, 0.1) is 6.61 Å². The first-order valence-corrected chi connectivity index (χ1v) is 10.2. The van der Waals surface area contributed by atoms with Gasteiger partial charge in [0.25, 0.3) is 0 Å². The van der Waals surface area contributed by atoms with Crippen LogP contribution in [0.5, 0.6) is 5.75 Å². The van der Waals surface area contributed by atoms with Gasteiger partial charge in [0.1, 0.15) is 30.2 Å². The van der Waals surface area contributed by atoms with Gasteiger partial charge in [0.15, 0.2) is 0 Å². The molecule has 6 nitrogen and oxygen atoms in total. The highest BCUT2D eigenvalue weighted by Gasteiger charge is 2.44. The number of benzene rings is 2. The van der Waals surface area contributed by atoms with E-state index in [0.717, 1.165) is 11.1 Å². The van der Waals surface area contributed by atoms with Crippen LogP contribution in [0.4, 0.5) is 0 Å². The molecule has 156 valence electrons. The van der Waals surface area contributed by atoms with E-state index in [2.05, 4.69) is 31.2 Å². The Morgan fingerprint density at radius 3 is 2.31 bits per heavy atom. The highest BCUT2D eigenvalue weighted by atomic mass is 16.7. The van der Waals surface area contributed by atoms with Crippen molar-refractivity contribution in [2.45, 2.75) is 62.3 Å². The number of aliphatic hydroxyl groups excluding tert-OH is 4. The Morgan fingerprint density at radius 2 is 1.66 bits per heavy atom. The van der Waals surface area contributed by atoms with E-state index in [-0.39, 0.29) is 5.92 Å². The lowest BCUT2D eigenvalue weighted by Crippen LogP contribution is -2.60. The minimum absolute atomic E-state index is 0.0457. The summed E-state index contributed by atoms with van der Waals surface area (Å²) < 4.78 is 11.4. The Labute approximate surface area is 170 Å². The molecule has 4 N–H and O–H groups in total. The molecule has 0 radical (unpaired) electrons. The van der Waals surface area contributed by atoms with Gasteiger partial charge in [0, 0.05) is 11.5 Å². The van der Waals surface area contributed by atoms with Crippen molar-refractivity contribution in [3.63, 3.8) is 0 Å². The van der Waals surface area contributed by atoms with Crippen molar-refractivity contribution in [1.29, 1.82) is 0 Å². The molecule has 29 heavy (non-hydrogen) atoms. The normalized spacial score (nSPS) is 30.7. The van der Waals surface area contributed by atoms with E-state index in [1.165, 1.54) is 18.4 Å². The summed E-state index contributed by atoms with van der Waals surface area (Å²) in [5, 5.41) is 39.6. The number of hydrogen-bond donors (Lipinski definition) is 4. The highest BCUT2D eigenvalue weighted by Crippen LogP contribution is 2.41. The zero-order chi connectivity index (χ0) is 20.5. The van der Waals surface area contributed by atoms with Crippen LogP contribution in [0, 0.1) is 0 Å². The highest BCUT2D eigenvalue weighted by molar-refractivity contribution is 5.42. The van der Waals surface area contributed by atoms with Gasteiger partial charge in [-0.2, -0.15) is 0 Å². The molecule has 0 unspecified atom stereocenters. The van der Waals surface area contributed by atoms with Crippen LogP contribution in [-0.2, 0) is 4.74 Å². The average Bonchev–Trinajstić information content (AvgIpc) is 3.59. The summed E-state index contributed by atoms with van der Waals surface area (Å²) in [6.07, 6.45) is -3.97. The molecule has 0 amide bonds. The van der Waals surface area contributed by atoms with Crippen LogP contribution in [-0.4, -0.2) is 57.7 Å². The summed E-state index contributed by atoms with van der Waals surface area (Å²) in [6, 6.07) is 16.1. The summed E-state index contributed by atoms with van der Waals surface area (Å²) >= 11 is 0. The summed E-state index contributed by atoms with van der Waals surface area (Å²) in [6.45, 7) is 1.60. The average molecular weight is 400 g/mol. The lowest BCUT2D eigenvalue weighted by molar-refractivity contribution is -0.277. The minimum Gasteiger partial charge on any atom is -0.462 e. The number of para-hydroxylation sites is 1. The van der Waals surface area contributed by atoms with Crippen LogP contribution in [0.15, 0.2) is 48.5 Å². The molecule has 0 spiro atoms. The lowest BCUT2D eigenvalue weighted by atomic mass is 9.91. The molecule has 1 saturated carbocycles. The van der Waals surface area contributed by atoms with Crippen LogP contribution in [0.2, 0.25) is 0 Å². The predicted octanol–water partition coefficient (Wildman–Crippen LogP) is 1.89. The van der Waals surface area contributed by atoms with Crippen molar-refractivity contribution < 1.29 is 29.9 Å². The summed E-state index contributed by atoms with van der Waals surface area (Å²) in [5.41, 5.74) is 3.45. The Morgan fingerprint density at radius 1 is 0.966 bits per heavy atom. The van der Waals surface area contributed by atoms with Gasteiger partial charge in [-0.1, -0.05) is 49.4 Å². The molecule has 2 aromatic carbocycles. The van der Waals surface area contributed by atoms with Gasteiger partial charge >= 0.3 is 0 Å². The number of ether oxygens (including phenoxy) is 2. The second kappa shape index (κ2) is 8.42. The summed E-state index contributed by atoms with van der Waals surface area (Å²) in [4.78, 5) is 0. The fraction of sp³-hybridized carbons (Fsp3) is 0.478. The maximum atomic E-state index is 10.3. The maximum Gasteiger partial charge on any atom is 0.229 e. The summed E-state index contributed by atoms with van der Waals surface area (Å²) in [7, 11) is 0. The van der Waals surface area contributed by atoms with Crippen LogP contribution < -0.4 is 4.74 Å². The zero-order valence-corrected chi connectivity index (χ0v) is 16.4. The van der Waals surface area contributed by atoms with Gasteiger partial charge in [-0.15, -0.1) is 0 Å². The molecule has 6 atom stereocenters. The van der Waals surface area contributed by atoms with E-state index >= 15 is 0 Å². The topological polar surface area (TPSA) is 99.4 Å². The molecule has 6 heteroatoms. The molecule has 2 aromatic rings. The third-order valence-corrected chi connectivity index (χ3v) is 5.96. The van der Waals surface area contributed by atoms with Crippen molar-refractivity contribution in [3.05, 3.63) is 65.2 Å². The molecule has 1 aliphatic carbocycles. The van der Waals surface area contributed by atoms with E-state index in [9.17, 15) is 20.4 Å². The van der Waals surface area contributed by atoms with Crippen LogP contribution >= 0.6 is 0 Å². The first-order chi connectivity index (χ1) is 14.0. The molecular weight excluding hydrogens is 372 g/mol. The number of hydrogen-bond acceptors (Lipinski definition) is 6. The zero-order valence-electron chi connectivity index (χ0n) is 16.4.